The molecule has 188 valence electrons. The van der Waals surface area contributed by atoms with Crippen molar-refractivity contribution in [3.8, 4) is 17.2 Å². The van der Waals surface area contributed by atoms with Crippen LogP contribution in [0, 0.1) is 5.92 Å². The summed E-state index contributed by atoms with van der Waals surface area (Å²) in [5.74, 6) is 1.94. The zero-order chi connectivity index (χ0) is 23.9. The minimum atomic E-state index is -0.188. The molecule has 2 heterocycles. The van der Waals surface area contributed by atoms with E-state index in [-0.39, 0.29) is 30.4 Å². The van der Waals surface area contributed by atoms with Crippen molar-refractivity contribution in [2.75, 3.05) is 13.2 Å². The largest absolute Gasteiger partial charge is 0.465 e. The normalized spacial score (nSPS) is 27.1. The number of esters is 1. The molecule has 3 fully saturated rings. The fraction of sp³-hybridized carbons (Fsp3) is 0.552. The Bertz CT molecular complexity index is 929. The van der Waals surface area contributed by atoms with Crippen molar-refractivity contribution in [1.82, 2.24) is 0 Å². The molecule has 6 nitrogen and oxygen atoms in total. The zero-order valence-corrected chi connectivity index (χ0v) is 20.4. The maximum absolute atomic E-state index is 13.2. The first kappa shape index (κ1) is 24.1. The lowest BCUT2D eigenvalue weighted by Crippen LogP contribution is -2.29. The van der Waals surface area contributed by atoms with E-state index < -0.39 is 0 Å². The lowest BCUT2D eigenvalue weighted by molar-refractivity contribution is -0.140. The first-order valence-corrected chi connectivity index (χ1v) is 13.2. The number of carbonyl (C=O) groups excluding carboxylic acids is 1. The number of rotatable bonds is 7. The molecule has 2 saturated heterocycles. The van der Waals surface area contributed by atoms with Crippen molar-refractivity contribution in [1.29, 1.82) is 0 Å². The molecular weight excluding hydrogens is 444 g/mol. The molecule has 1 aliphatic carbocycles. The molecule has 0 aromatic heterocycles. The first-order chi connectivity index (χ1) is 17.2. The molecule has 2 aromatic carbocycles. The number of ether oxygens (including phenoxy) is 5. The topological polar surface area (TPSA) is 63.2 Å². The third-order valence-electron chi connectivity index (χ3n) is 7.23. The van der Waals surface area contributed by atoms with Crippen LogP contribution in [0.2, 0.25) is 0 Å². The molecule has 2 aliphatic heterocycles. The van der Waals surface area contributed by atoms with Gasteiger partial charge in [-0.05, 0) is 86.4 Å². The van der Waals surface area contributed by atoms with Gasteiger partial charge >= 0.3 is 5.97 Å². The fourth-order valence-electron chi connectivity index (χ4n) is 5.30. The van der Waals surface area contributed by atoms with Crippen LogP contribution in [-0.4, -0.2) is 31.8 Å². The van der Waals surface area contributed by atoms with E-state index in [0.717, 1.165) is 88.9 Å². The minimum absolute atomic E-state index is 0.149. The molecule has 35 heavy (non-hydrogen) atoms. The van der Waals surface area contributed by atoms with E-state index in [1.54, 1.807) is 12.1 Å². The Balaban J connectivity index is 1.18. The standard InChI is InChI=1S/C29H36O6/c30-29(35-24-17-15-23(16-18-24)34-28-10-4-6-20-32-28)26-8-2-1-7-25(26)21-11-13-22(14-12-21)33-27-9-3-5-19-31-27/h11-18,25-28H,1-10,19-20H2. The van der Waals surface area contributed by atoms with Gasteiger partial charge in [-0.2, -0.15) is 0 Å². The highest BCUT2D eigenvalue weighted by Crippen LogP contribution is 2.39. The molecule has 4 atom stereocenters. The van der Waals surface area contributed by atoms with E-state index in [1.807, 2.05) is 24.3 Å². The molecule has 4 unspecified atom stereocenters. The summed E-state index contributed by atoms with van der Waals surface area (Å²) in [4.78, 5) is 13.2. The van der Waals surface area contributed by atoms with Gasteiger partial charge in [-0.1, -0.05) is 25.0 Å². The van der Waals surface area contributed by atoms with Crippen molar-refractivity contribution in [2.24, 2.45) is 5.92 Å². The first-order valence-electron chi connectivity index (χ1n) is 13.2. The molecule has 1 saturated carbocycles. The molecule has 2 aromatic rings. The van der Waals surface area contributed by atoms with Gasteiger partial charge in [-0.3, -0.25) is 4.79 Å². The Hall–Kier alpha value is -2.57. The zero-order valence-electron chi connectivity index (χ0n) is 20.4. The molecule has 0 N–H and O–H groups in total. The van der Waals surface area contributed by atoms with Gasteiger partial charge < -0.3 is 23.7 Å². The average molecular weight is 481 g/mol. The summed E-state index contributed by atoms with van der Waals surface area (Å²) < 4.78 is 29.0. The fourth-order valence-corrected chi connectivity index (χ4v) is 5.30. The van der Waals surface area contributed by atoms with Crippen LogP contribution in [0.3, 0.4) is 0 Å². The highest BCUT2D eigenvalue weighted by molar-refractivity contribution is 5.76. The molecule has 6 heteroatoms. The molecule has 0 spiro atoms. The average Bonchev–Trinajstić information content (AvgIpc) is 2.91. The predicted molar refractivity (Wildman–Crippen MR) is 132 cm³/mol. The van der Waals surface area contributed by atoms with Crippen molar-refractivity contribution in [3.05, 3.63) is 54.1 Å². The smallest absolute Gasteiger partial charge is 0.314 e. The number of hydrogen-bond acceptors (Lipinski definition) is 6. The maximum Gasteiger partial charge on any atom is 0.314 e. The monoisotopic (exact) mass is 480 g/mol. The van der Waals surface area contributed by atoms with Crippen molar-refractivity contribution >= 4 is 5.97 Å². The van der Waals surface area contributed by atoms with Gasteiger partial charge in [-0.25, -0.2) is 0 Å². The van der Waals surface area contributed by atoms with E-state index in [4.69, 9.17) is 23.7 Å². The van der Waals surface area contributed by atoms with Crippen molar-refractivity contribution in [2.45, 2.75) is 82.7 Å². The van der Waals surface area contributed by atoms with Gasteiger partial charge in [0, 0.05) is 12.8 Å². The van der Waals surface area contributed by atoms with Crippen LogP contribution in [-0.2, 0) is 14.3 Å². The van der Waals surface area contributed by atoms with Crippen LogP contribution in [0.15, 0.2) is 48.5 Å². The van der Waals surface area contributed by atoms with Gasteiger partial charge in [-0.15, -0.1) is 0 Å². The summed E-state index contributed by atoms with van der Waals surface area (Å²) in [5, 5.41) is 0. The van der Waals surface area contributed by atoms with Gasteiger partial charge in [0.1, 0.15) is 17.2 Å². The van der Waals surface area contributed by atoms with Gasteiger partial charge in [0.15, 0.2) is 12.6 Å². The Morgan fingerprint density at radius 1 is 0.629 bits per heavy atom. The van der Waals surface area contributed by atoms with Crippen LogP contribution in [0.5, 0.6) is 17.2 Å². The Morgan fingerprint density at radius 3 is 1.71 bits per heavy atom. The molecular formula is C29H36O6. The van der Waals surface area contributed by atoms with E-state index in [2.05, 4.69) is 12.1 Å². The second kappa shape index (κ2) is 11.9. The third kappa shape index (κ3) is 6.56. The van der Waals surface area contributed by atoms with Gasteiger partial charge in [0.05, 0.1) is 19.1 Å². The van der Waals surface area contributed by atoms with E-state index in [9.17, 15) is 4.79 Å². The Kier molecular flexibility index (Phi) is 8.22. The molecule has 3 aliphatic rings. The summed E-state index contributed by atoms with van der Waals surface area (Å²) in [7, 11) is 0. The van der Waals surface area contributed by atoms with Crippen molar-refractivity contribution < 1.29 is 28.5 Å². The summed E-state index contributed by atoms with van der Waals surface area (Å²) in [6.45, 7) is 1.51. The van der Waals surface area contributed by atoms with Crippen LogP contribution in [0.1, 0.15) is 75.7 Å². The Labute approximate surface area is 207 Å². The molecule has 0 bridgehead atoms. The quantitative estimate of drug-likeness (QED) is 0.339. The maximum atomic E-state index is 13.2. The van der Waals surface area contributed by atoms with E-state index >= 15 is 0 Å². The molecule has 0 amide bonds. The van der Waals surface area contributed by atoms with Crippen LogP contribution < -0.4 is 14.2 Å². The summed E-state index contributed by atoms with van der Waals surface area (Å²) in [6.07, 6.45) is 9.94. The Morgan fingerprint density at radius 2 is 1.14 bits per heavy atom. The molecule has 5 rings (SSSR count). The SMILES string of the molecule is O=C(Oc1ccc(OC2CCCCO2)cc1)C1CCCCC1c1ccc(OC2CCCCO2)cc1. The second-order valence-electron chi connectivity index (χ2n) is 9.79. The highest BCUT2D eigenvalue weighted by Gasteiger charge is 2.33. The minimum Gasteiger partial charge on any atom is -0.465 e. The molecule has 0 radical (unpaired) electrons. The van der Waals surface area contributed by atoms with Gasteiger partial charge in [0.25, 0.3) is 0 Å². The third-order valence-corrected chi connectivity index (χ3v) is 7.23. The summed E-state index contributed by atoms with van der Waals surface area (Å²) in [5.41, 5.74) is 1.17. The van der Waals surface area contributed by atoms with Crippen LogP contribution in [0.4, 0.5) is 0 Å². The predicted octanol–water partition coefficient (Wildman–Crippen LogP) is 6.38. The van der Waals surface area contributed by atoms with E-state index in [1.165, 1.54) is 5.56 Å². The number of hydrogen-bond donors (Lipinski definition) is 0. The van der Waals surface area contributed by atoms with Crippen LogP contribution >= 0.6 is 0 Å². The lowest BCUT2D eigenvalue weighted by Gasteiger charge is -2.30. The van der Waals surface area contributed by atoms with Crippen LogP contribution in [0.25, 0.3) is 0 Å². The highest BCUT2D eigenvalue weighted by atomic mass is 16.7. The van der Waals surface area contributed by atoms with Crippen molar-refractivity contribution in [3.63, 3.8) is 0 Å². The summed E-state index contributed by atoms with van der Waals surface area (Å²) in [6, 6.07) is 15.5. The number of carbonyl (C=O) groups is 1. The van der Waals surface area contributed by atoms with E-state index in [0.29, 0.717) is 5.75 Å². The lowest BCUT2D eigenvalue weighted by atomic mass is 9.75. The summed E-state index contributed by atoms with van der Waals surface area (Å²) >= 11 is 0. The number of benzene rings is 2. The van der Waals surface area contributed by atoms with Gasteiger partial charge in [0.2, 0.25) is 0 Å². The second-order valence-corrected chi connectivity index (χ2v) is 9.79.